The standard InChI is InChI=1S/C16H25Cl2N3O/c1-20(2)7-8-21-5-3-11(4-6-21)16(19)12-9-13(17)14(18)10-15(12)22/h9-11,16,22H,3-8,19H2,1-2H3/t16-/m1/s1. The Labute approximate surface area is 142 Å². The lowest BCUT2D eigenvalue weighted by Crippen LogP contribution is -2.40. The van der Waals surface area contributed by atoms with Gasteiger partial charge in [-0.05, 0) is 52.0 Å². The molecule has 0 aliphatic carbocycles. The minimum absolute atomic E-state index is 0.136. The highest BCUT2D eigenvalue weighted by atomic mass is 35.5. The number of nitrogens with two attached hydrogens (primary N) is 1. The van der Waals surface area contributed by atoms with Crippen LogP contribution in [0.15, 0.2) is 12.1 Å². The molecule has 0 unspecified atom stereocenters. The molecule has 1 heterocycles. The van der Waals surface area contributed by atoms with Gasteiger partial charge in [-0.2, -0.15) is 0 Å². The van der Waals surface area contributed by atoms with E-state index in [1.807, 2.05) is 0 Å². The summed E-state index contributed by atoms with van der Waals surface area (Å²) in [6, 6.07) is 2.97. The van der Waals surface area contributed by atoms with E-state index >= 15 is 0 Å². The molecule has 0 bridgehead atoms. The van der Waals surface area contributed by atoms with Crippen LogP contribution in [0.4, 0.5) is 0 Å². The van der Waals surface area contributed by atoms with Gasteiger partial charge in [-0.25, -0.2) is 0 Å². The Bertz CT molecular complexity index is 502. The zero-order valence-corrected chi connectivity index (χ0v) is 14.7. The Morgan fingerprint density at radius 3 is 2.45 bits per heavy atom. The van der Waals surface area contributed by atoms with Crippen LogP contribution in [0, 0.1) is 5.92 Å². The van der Waals surface area contributed by atoms with Crippen LogP contribution in [0.5, 0.6) is 5.75 Å². The summed E-state index contributed by atoms with van der Waals surface area (Å²) in [6.07, 6.45) is 2.07. The van der Waals surface area contributed by atoms with Crippen LogP contribution in [0.25, 0.3) is 0 Å². The van der Waals surface area contributed by atoms with Crippen LogP contribution in [0.3, 0.4) is 0 Å². The molecule has 0 saturated carbocycles. The number of nitrogens with zero attached hydrogens (tertiary/aromatic N) is 2. The Hall–Kier alpha value is -0.520. The number of aromatic hydroxyl groups is 1. The van der Waals surface area contributed by atoms with Gasteiger partial charge in [0.25, 0.3) is 0 Å². The maximum Gasteiger partial charge on any atom is 0.121 e. The summed E-state index contributed by atoms with van der Waals surface area (Å²) in [7, 11) is 4.19. The van der Waals surface area contributed by atoms with Crippen molar-refractivity contribution in [2.45, 2.75) is 18.9 Å². The van der Waals surface area contributed by atoms with Crippen molar-refractivity contribution in [1.29, 1.82) is 0 Å². The van der Waals surface area contributed by atoms with Crippen molar-refractivity contribution in [3.8, 4) is 5.75 Å². The van der Waals surface area contributed by atoms with Crippen LogP contribution < -0.4 is 5.73 Å². The molecule has 1 saturated heterocycles. The topological polar surface area (TPSA) is 52.7 Å². The van der Waals surface area contributed by atoms with E-state index in [2.05, 4.69) is 23.9 Å². The molecule has 1 aliphatic heterocycles. The largest absolute Gasteiger partial charge is 0.508 e. The van der Waals surface area contributed by atoms with E-state index in [1.54, 1.807) is 6.07 Å². The van der Waals surface area contributed by atoms with E-state index in [-0.39, 0.29) is 11.8 Å². The number of halogens is 2. The molecule has 0 amide bonds. The highest BCUT2D eigenvalue weighted by molar-refractivity contribution is 6.42. The molecule has 1 aromatic carbocycles. The smallest absolute Gasteiger partial charge is 0.121 e. The van der Waals surface area contributed by atoms with Crippen LogP contribution in [0.1, 0.15) is 24.4 Å². The van der Waals surface area contributed by atoms with E-state index in [1.165, 1.54) is 6.07 Å². The summed E-state index contributed by atoms with van der Waals surface area (Å²) in [6.45, 7) is 4.26. The molecule has 22 heavy (non-hydrogen) atoms. The van der Waals surface area contributed by atoms with Crippen molar-refractivity contribution >= 4 is 23.2 Å². The third-order valence-electron chi connectivity index (χ3n) is 4.43. The first-order chi connectivity index (χ1) is 10.4. The monoisotopic (exact) mass is 345 g/mol. The first-order valence-corrected chi connectivity index (χ1v) is 8.44. The molecule has 1 aromatic rings. The lowest BCUT2D eigenvalue weighted by molar-refractivity contribution is 0.157. The third kappa shape index (κ3) is 4.49. The van der Waals surface area contributed by atoms with E-state index in [0.717, 1.165) is 39.0 Å². The Kier molecular flexibility index (Phi) is 6.36. The van der Waals surface area contributed by atoms with Gasteiger partial charge in [-0.15, -0.1) is 0 Å². The molecule has 2 rings (SSSR count). The van der Waals surface area contributed by atoms with Gasteiger partial charge in [0.15, 0.2) is 0 Å². The molecule has 4 nitrogen and oxygen atoms in total. The number of benzene rings is 1. The Morgan fingerprint density at radius 1 is 1.27 bits per heavy atom. The van der Waals surface area contributed by atoms with Crippen molar-refractivity contribution in [3.05, 3.63) is 27.7 Å². The normalized spacial score (nSPS) is 18.8. The zero-order chi connectivity index (χ0) is 16.3. The summed E-state index contributed by atoms with van der Waals surface area (Å²) in [4.78, 5) is 4.67. The van der Waals surface area contributed by atoms with E-state index in [9.17, 15) is 5.11 Å². The number of likely N-dealkylation sites (N-methyl/N-ethyl adjacent to an activating group) is 1. The number of phenolic OH excluding ortho intramolecular Hbond substituents is 1. The van der Waals surface area contributed by atoms with Gasteiger partial charge in [0.1, 0.15) is 5.75 Å². The molecule has 1 fully saturated rings. The molecule has 0 spiro atoms. The van der Waals surface area contributed by atoms with Crippen molar-refractivity contribution in [3.63, 3.8) is 0 Å². The Balaban J connectivity index is 1.95. The Morgan fingerprint density at radius 2 is 1.86 bits per heavy atom. The summed E-state index contributed by atoms with van der Waals surface area (Å²) in [5, 5.41) is 10.9. The molecular formula is C16H25Cl2N3O. The van der Waals surface area contributed by atoms with E-state index in [4.69, 9.17) is 28.9 Å². The summed E-state index contributed by atoms with van der Waals surface area (Å²) in [5.41, 5.74) is 7.06. The lowest BCUT2D eigenvalue weighted by Gasteiger charge is -2.35. The minimum atomic E-state index is -0.203. The highest BCUT2D eigenvalue weighted by Gasteiger charge is 2.27. The van der Waals surface area contributed by atoms with Gasteiger partial charge in [0.2, 0.25) is 0 Å². The fourth-order valence-corrected chi connectivity index (χ4v) is 3.28. The van der Waals surface area contributed by atoms with Crippen molar-refractivity contribution < 1.29 is 5.11 Å². The number of rotatable bonds is 5. The van der Waals surface area contributed by atoms with Gasteiger partial charge in [0.05, 0.1) is 10.0 Å². The molecule has 0 aromatic heterocycles. The van der Waals surface area contributed by atoms with Gasteiger partial charge in [0, 0.05) is 30.8 Å². The van der Waals surface area contributed by atoms with E-state index < -0.39 is 0 Å². The van der Waals surface area contributed by atoms with Crippen molar-refractivity contribution in [2.24, 2.45) is 11.7 Å². The second-order valence-electron chi connectivity index (χ2n) is 6.33. The van der Waals surface area contributed by atoms with Gasteiger partial charge in [-0.1, -0.05) is 23.2 Å². The lowest BCUT2D eigenvalue weighted by atomic mass is 9.85. The fourth-order valence-electron chi connectivity index (χ4n) is 2.95. The molecule has 1 aliphatic rings. The van der Waals surface area contributed by atoms with Crippen LogP contribution >= 0.6 is 23.2 Å². The van der Waals surface area contributed by atoms with Crippen LogP contribution in [-0.2, 0) is 0 Å². The SMILES string of the molecule is CN(C)CCN1CCC([C@@H](N)c2cc(Cl)c(Cl)cc2O)CC1. The second kappa shape index (κ2) is 7.84. The average molecular weight is 346 g/mol. The number of hydrogen-bond acceptors (Lipinski definition) is 4. The maximum atomic E-state index is 10.1. The number of phenols is 1. The molecular weight excluding hydrogens is 321 g/mol. The predicted molar refractivity (Wildman–Crippen MR) is 92.8 cm³/mol. The fraction of sp³-hybridized carbons (Fsp3) is 0.625. The number of hydrogen-bond donors (Lipinski definition) is 2. The summed E-state index contributed by atoms with van der Waals surface area (Å²) >= 11 is 12.0. The first kappa shape index (κ1) is 17.8. The summed E-state index contributed by atoms with van der Waals surface area (Å²) in [5.74, 6) is 0.496. The van der Waals surface area contributed by atoms with Crippen molar-refractivity contribution in [1.82, 2.24) is 9.80 Å². The van der Waals surface area contributed by atoms with Gasteiger partial charge in [-0.3, -0.25) is 0 Å². The van der Waals surface area contributed by atoms with E-state index in [0.29, 0.717) is 21.5 Å². The van der Waals surface area contributed by atoms with Gasteiger partial charge >= 0.3 is 0 Å². The molecule has 0 radical (unpaired) electrons. The predicted octanol–water partition coefficient (Wildman–Crippen LogP) is 2.97. The zero-order valence-electron chi connectivity index (χ0n) is 13.2. The minimum Gasteiger partial charge on any atom is -0.508 e. The highest BCUT2D eigenvalue weighted by Crippen LogP contribution is 2.37. The number of likely N-dealkylation sites (tertiary alicyclic amines) is 1. The second-order valence-corrected chi connectivity index (χ2v) is 7.15. The quantitative estimate of drug-likeness (QED) is 0.861. The van der Waals surface area contributed by atoms with Gasteiger partial charge < -0.3 is 20.6 Å². The molecule has 3 N–H and O–H groups in total. The maximum absolute atomic E-state index is 10.1. The molecule has 124 valence electrons. The average Bonchev–Trinajstić information content (AvgIpc) is 2.48. The summed E-state index contributed by atoms with van der Waals surface area (Å²) < 4.78 is 0. The first-order valence-electron chi connectivity index (χ1n) is 7.69. The molecule has 6 heteroatoms. The number of piperidine rings is 1. The third-order valence-corrected chi connectivity index (χ3v) is 5.15. The van der Waals surface area contributed by atoms with Crippen LogP contribution in [-0.4, -0.2) is 55.2 Å². The van der Waals surface area contributed by atoms with Crippen molar-refractivity contribution in [2.75, 3.05) is 40.3 Å². The van der Waals surface area contributed by atoms with Crippen LogP contribution in [0.2, 0.25) is 10.0 Å². The molecule has 1 atom stereocenters.